The van der Waals surface area contributed by atoms with Crippen molar-refractivity contribution in [1.29, 1.82) is 0 Å². The Morgan fingerprint density at radius 3 is 2.64 bits per heavy atom. The van der Waals surface area contributed by atoms with Crippen molar-refractivity contribution in [3.8, 4) is 0 Å². The number of rotatable bonds is 5. The molecule has 0 heterocycles. The molecule has 0 saturated heterocycles. The van der Waals surface area contributed by atoms with Gasteiger partial charge >= 0.3 is 5.12 Å². The average molecular weight is 237 g/mol. The minimum Gasteiger partial charge on any atom is -0.338 e. The highest BCUT2D eigenvalue weighted by atomic mass is 32.2. The number of thiol groups is 1. The highest BCUT2D eigenvalue weighted by Crippen LogP contribution is 2.06. The fourth-order valence-corrected chi connectivity index (χ4v) is 1.76. The van der Waals surface area contributed by atoms with E-state index in [0.717, 1.165) is 5.75 Å². The molecule has 0 aliphatic rings. The molecule has 0 aromatic carbocycles. The zero-order valence-corrected chi connectivity index (χ0v) is 10.1. The van der Waals surface area contributed by atoms with Crippen LogP contribution in [0.3, 0.4) is 0 Å². The van der Waals surface area contributed by atoms with Crippen LogP contribution < -0.4 is 11.1 Å². The molecule has 6 heteroatoms. The molecular weight excluding hydrogens is 220 g/mol. The van der Waals surface area contributed by atoms with E-state index in [4.69, 9.17) is 5.73 Å². The Balaban J connectivity index is 4.15. The van der Waals surface area contributed by atoms with Crippen LogP contribution in [-0.4, -0.2) is 39.4 Å². The van der Waals surface area contributed by atoms with Gasteiger partial charge in [0.05, 0.1) is 6.04 Å². The van der Waals surface area contributed by atoms with Gasteiger partial charge in [-0.1, -0.05) is 6.92 Å². The van der Waals surface area contributed by atoms with Crippen LogP contribution in [0, 0.1) is 0 Å². The van der Waals surface area contributed by atoms with E-state index in [-0.39, 0.29) is 11.0 Å². The lowest BCUT2D eigenvalue weighted by Crippen LogP contribution is -2.47. The van der Waals surface area contributed by atoms with Gasteiger partial charge in [0.25, 0.3) is 0 Å². The smallest absolute Gasteiger partial charge is 0.338 e. The summed E-state index contributed by atoms with van der Waals surface area (Å²) in [7, 11) is 0. The maximum atomic E-state index is 11.2. The number of carbonyl (C=O) groups excluding carboxylic acids is 2. The molecule has 1 amide bonds. The second kappa shape index (κ2) is 7.14. The van der Waals surface area contributed by atoms with Crippen LogP contribution in [0.2, 0.25) is 0 Å². The fourth-order valence-electron chi connectivity index (χ4n) is 0.737. The average Bonchev–Trinajstić information content (AvgIpc) is 2.13. The Labute approximate surface area is 93.8 Å². The molecule has 0 rings (SSSR count). The first kappa shape index (κ1) is 13.8. The molecule has 0 aromatic heterocycles. The molecule has 0 aliphatic carbocycles. The van der Waals surface area contributed by atoms with E-state index in [1.54, 1.807) is 6.92 Å². The van der Waals surface area contributed by atoms with Crippen molar-refractivity contribution in [3.05, 3.63) is 0 Å². The predicted octanol–water partition coefficient (Wildman–Crippen LogP) is 0.00370. The van der Waals surface area contributed by atoms with E-state index in [2.05, 4.69) is 17.9 Å². The first-order chi connectivity index (χ1) is 6.52. The van der Waals surface area contributed by atoms with E-state index in [1.165, 1.54) is 11.8 Å². The summed E-state index contributed by atoms with van der Waals surface area (Å²) in [6.45, 7) is 3.51. The standard InChI is InChI=1S/C8H16N2O2S2/c1-3-14-8(12)6(4-13)10-7(11)5(2)9/h5-6,13H,3-4,9H2,1-2H3,(H,10,11)/p+1/t5-,6-/m0/s1. The van der Waals surface area contributed by atoms with Crippen LogP contribution in [0.5, 0.6) is 0 Å². The normalized spacial score (nSPS) is 14.6. The van der Waals surface area contributed by atoms with Gasteiger partial charge in [-0.05, 0) is 18.7 Å². The van der Waals surface area contributed by atoms with Crippen LogP contribution in [0.1, 0.15) is 13.8 Å². The second-order valence-electron chi connectivity index (χ2n) is 2.80. The summed E-state index contributed by atoms with van der Waals surface area (Å²) in [5.41, 5.74) is 5.38. The van der Waals surface area contributed by atoms with Crippen molar-refractivity contribution < 1.29 is 9.59 Å². The maximum Gasteiger partial charge on any atom is 0.373 e. The third-order valence-corrected chi connectivity index (χ3v) is 2.74. The van der Waals surface area contributed by atoms with Gasteiger partial charge in [0.15, 0.2) is 6.04 Å². The Hall–Kier alpha value is -0.200. The maximum absolute atomic E-state index is 11.2. The number of hydrogen-bond acceptors (Lipinski definition) is 4. The topological polar surface area (TPSA) is 76.5 Å². The molecule has 0 saturated carbocycles. The van der Waals surface area contributed by atoms with E-state index in [1.807, 2.05) is 6.92 Å². The summed E-state index contributed by atoms with van der Waals surface area (Å²) in [4.78, 5) is 20.7. The monoisotopic (exact) mass is 237 g/mol. The van der Waals surface area contributed by atoms with Crippen molar-refractivity contribution in [1.82, 2.24) is 5.32 Å². The van der Waals surface area contributed by atoms with E-state index in [0.29, 0.717) is 5.75 Å². The van der Waals surface area contributed by atoms with Gasteiger partial charge < -0.3 is 11.1 Å². The molecule has 0 unspecified atom stereocenters. The molecule has 0 bridgehead atoms. The molecule has 4 N–H and O–H groups in total. The van der Waals surface area contributed by atoms with Gasteiger partial charge in [0, 0.05) is 11.5 Å². The molecule has 0 fully saturated rings. The van der Waals surface area contributed by atoms with Crippen molar-refractivity contribution in [3.63, 3.8) is 0 Å². The number of amides is 1. The molecule has 2 atom stereocenters. The molecule has 0 spiro atoms. The lowest BCUT2D eigenvalue weighted by atomic mass is 10.3. The summed E-state index contributed by atoms with van der Waals surface area (Å²) in [5, 5.41) is 2.78. The molecule has 82 valence electrons. The Kier molecular flexibility index (Phi) is 7.04. The number of nitrogens with one attached hydrogen (secondary N) is 1. The van der Waals surface area contributed by atoms with Crippen LogP contribution in [0.4, 0.5) is 0 Å². The van der Waals surface area contributed by atoms with Gasteiger partial charge in [-0.15, -0.1) is 0 Å². The number of thioether (sulfide) groups is 1. The quantitative estimate of drug-likeness (QED) is 0.465. The number of carbonyl (C=O) groups is 1. The van der Waals surface area contributed by atoms with E-state index in [9.17, 15) is 9.59 Å². The molecule has 0 aromatic rings. The molecule has 4 nitrogen and oxygen atoms in total. The minimum atomic E-state index is -0.572. The molecule has 0 aliphatic heterocycles. The molecule has 14 heavy (non-hydrogen) atoms. The molecule has 0 radical (unpaired) electrons. The van der Waals surface area contributed by atoms with Gasteiger partial charge in [-0.25, -0.2) is 0 Å². The van der Waals surface area contributed by atoms with Crippen molar-refractivity contribution in [2.45, 2.75) is 25.9 Å². The summed E-state index contributed by atoms with van der Waals surface area (Å²) >= 11 is 5.33. The lowest BCUT2D eigenvalue weighted by molar-refractivity contribution is -0.122. The lowest BCUT2D eigenvalue weighted by Gasteiger charge is -2.12. The van der Waals surface area contributed by atoms with Gasteiger partial charge in [-0.2, -0.15) is 12.6 Å². The summed E-state index contributed by atoms with van der Waals surface area (Å²) in [5.74, 6) is 0.828. The third-order valence-electron chi connectivity index (χ3n) is 1.50. The van der Waals surface area contributed by atoms with Crippen LogP contribution in [-0.2, 0) is 4.79 Å². The SMILES string of the molecule is CCSC(=[OH+])[C@H](CS)NC(=O)[C@H](C)N. The first-order valence-electron chi connectivity index (χ1n) is 4.38. The Morgan fingerprint density at radius 2 is 2.29 bits per heavy atom. The largest absolute Gasteiger partial charge is 0.373 e. The fraction of sp³-hybridized carbons (Fsp3) is 0.750. The van der Waals surface area contributed by atoms with Crippen LogP contribution in [0.25, 0.3) is 0 Å². The first-order valence-corrected chi connectivity index (χ1v) is 6.00. The van der Waals surface area contributed by atoms with Crippen molar-refractivity contribution in [2.24, 2.45) is 5.73 Å². The second-order valence-corrected chi connectivity index (χ2v) is 4.45. The zero-order chi connectivity index (χ0) is 11.1. The van der Waals surface area contributed by atoms with Crippen LogP contribution >= 0.6 is 24.4 Å². The zero-order valence-electron chi connectivity index (χ0n) is 8.36. The minimum absolute atomic E-state index is 0.177. The predicted molar refractivity (Wildman–Crippen MR) is 64.5 cm³/mol. The summed E-state index contributed by atoms with van der Waals surface area (Å²) in [6.07, 6.45) is 0. The third kappa shape index (κ3) is 4.88. The van der Waals surface area contributed by atoms with E-state index >= 15 is 0 Å². The summed E-state index contributed by atoms with van der Waals surface area (Å²) < 4.78 is 0. The highest BCUT2D eigenvalue weighted by Gasteiger charge is 2.25. The van der Waals surface area contributed by atoms with Crippen molar-refractivity contribution >= 4 is 35.4 Å². The Morgan fingerprint density at radius 1 is 1.71 bits per heavy atom. The van der Waals surface area contributed by atoms with Crippen molar-refractivity contribution in [2.75, 3.05) is 11.5 Å². The Bertz CT molecular complexity index is 210. The van der Waals surface area contributed by atoms with Gasteiger partial charge in [0.2, 0.25) is 5.91 Å². The summed E-state index contributed by atoms with van der Waals surface area (Å²) in [6, 6.07) is -1.00. The van der Waals surface area contributed by atoms with Gasteiger partial charge in [-0.3, -0.25) is 9.59 Å². The number of hydrogen-bond donors (Lipinski definition) is 3. The molecular formula is C8H17N2O2S2+. The number of nitrogens with two attached hydrogens (primary N) is 1. The van der Waals surface area contributed by atoms with Crippen LogP contribution in [0.15, 0.2) is 0 Å². The van der Waals surface area contributed by atoms with Gasteiger partial charge in [0.1, 0.15) is 0 Å². The van der Waals surface area contributed by atoms with E-state index < -0.39 is 12.1 Å². The highest BCUT2D eigenvalue weighted by molar-refractivity contribution is 8.13.